The number of pyridine rings is 1. The summed E-state index contributed by atoms with van der Waals surface area (Å²) >= 11 is 0. The molecule has 0 fully saturated rings. The van der Waals surface area contributed by atoms with Gasteiger partial charge >= 0.3 is 0 Å². The fraction of sp³-hybridized carbons (Fsp3) is 0.500. The second-order valence-electron chi connectivity index (χ2n) is 6.05. The van der Waals surface area contributed by atoms with E-state index in [-0.39, 0.29) is 24.0 Å². The van der Waals surface area contributed by atoms with Gasteiger partial charge in [0, 0.05) is 33.6 Å². The molecular weight excluding hydrogens is 431 g/mol. The van der Waals surface area contributed by atoms with Gasteiger partial charge in [-0.3, -0.25) is 4.99 Å². The summed E-state index contributed by atoms with van der Waals surface area (Å²) in [7, 11) is 5.76. The number of aromatic nitrogens is 4. The number of hydrogen-bond donors (Lipinski definition) is 2. The first-order valence-corrected chi connectivity index (χ1v) is 8.13. The highest BCUT2D eigenvalue weighted by molar-refractivity contribution is 14.0. The summed E-state index contributed by atoms with van der Waals surface area (Å²) in [6, 6.07) is 6.32. The van der Waals surface area contributed by atoms with Crippen molar-refractivity contribution < 1.29 is 0 Å². The van der Waals surface area contributed by atoms with Gasteiger partial charge in [0.15, 0.2) is 5.96 Å². The highest BCUT2D eigenvalue weighted by Crippen LogP contribution is 2.11. The molecule has 25 heavy (non-hydrogen) atoms. The molecule has 3 heterocycles. The molecule has 1 atom stereocenters. The largest absolute Gasteiger partial charge is 0.363 e. The van der Waals surface area contributed by atoms with Gasteiger partial charge in [-0.2, -0.15) is 5.10 Å². The Morgan fingerprint density at radius 3 is 3.00 bits per heavy atom. The van der Waals surface area contributed by atoms with Gasteiger partial charge in [-0.05, 0) is 18.6 Å². The molecule has 0 aromatic carbocycles. The molecule has 136 valence electrons. The molecule has 1 unspecified atom stereocenters. The third-order valence-electron chi connectivity index (χ3n) is 4.06. The van der Waals surface area contributed by atoms with E-state index in [0.29, 0.717) is 12.6 Å². The Labute approximate surface area is 165 Å². The van der Waals surface area contributed by atoms with E-state index in [4.69, 9.17) is 0 Å². The number of fused-ring (bicyclic) bond motifs is 1. The second-order valence-corrected chi connectivity index (χ2v) is 6.05. The monoisotopic (exact) mass is 456 g/mol. The summed E-state index contributed by atoms with van der Waals surface area (Å²) < 4.78 is 1.95. The maximum Gasteiger partial charge on any atom is 0.191 e. The minimum absolute atomic E-state index is 0. The SMILES string of the molecule is CN=C(NCc1cccc(N(C)C)n1)NC1CCc2ncnn2C1.I. The Morgan fingerprint density at radius 2 is 2.24 bits per heavy atom. The lowest BCUT2D eigenvalue weighted by Gasteiger charge is -2.25. The number of aliphatic imine (C=N–C) groups is 1. The zero-order chi connectivity index (χ0) is 16.9. The number of nitrogens with one attached hydrogen (secondary N) is 2. The van der Waals surface area contributed by atoms with Crippen LogP contribution in [0.15, 0.2) is 29.5 Å². The topological polar surface area (TPSA) is 83.3 Å². The van der Waals surface area contributed by atoms with Crippen LogP contribution in [0.2, 0.25) is 0 Å². The molecule has 0 bridgehead atoms. The minimum atomic E-state index is 0. The average molecular weight is 456 g/mol. The molecule has 0 amide bonds. The fourth-order valence-electron chi connectivity index (χ4n) is 2.73. The van der Waals surface area contributed by atoms with Gasteiger partial charge in [-0.1, -0.05) is 6.07 Å². The third kappa shape index (κ3) is 5.03. The molecule has 1 aliphatic rings. The van der Waals surface area contributed by atoms with E-state index in [1.807, 2.05) is 41.9 Å². The summed E-state index contributed by atoms with van der Waals surface area (Å²) in [6.45, 7) is 1.44. The summed E-state index contributed by atoms with van der Waals surface area (Å²) in [5.41, 5.74) is 0.978. The molecule has 9 heteroatoms. The zero-order valence-electron chi connectivity index (χ0n) is 14.8. The number of anilines is 1. The molecule has 2 aromatic rings. The third-order valence-corrected chi connectivity index (χ3v) is 4.06. The average Bonchev–Trinajstić information content (AvgIpc) is 3.06. The lowest BCUT2D eigenvalue weighted by Crippen LogP contribution is -2.46. The van der Waals surface area contributed by atoms with E-state index in [1.54, 1.807) is 13.4 Å². The van der Waals surface area contributed by atoms with Crippen LogP contribution < -0.4 is 15.5 Å². The standard InChI is InChI=1S/C16H24N8.HI/c1-17-16(18-9-12-5-4-6-15(21-12)23(2)3)22-13-7-8-14-19-11-20-24(14)10-13;/h4-6,11,13H,7-10H2,1-3H3,(H2,17,18,22);1H. The summed E-state index contributed by atoms with van der Waals surface area (Å²) in [4.78, 5) is 15.2. The van der Waals surface area contributed by atoms with Crippen molar-refractivity contribution in [1.29, 1.82) is 0 Å². The summed E-state index contributed by atoms with van der Waals surface area (Å²) in [5, 5.41) is 11.0. The van der Waals surface area contributed by atoms with Crippen molar-refractivity contribution in [1.82, 2.24) is 30.4 Å². The van der Waals surface area contributed by atoms with Gasteiger partial charge in [0.25, 0.3) is 0 Å². The Balaban J connectivity index is 0.00000225. The van der Waals surface area contributed by atoms with E-state index in [2.05, 4.69) is 30.7 Å². The van der Waals surface area contributed by atoms with Crippen LogP contribution in [0.25, 0.3) is 0 Å². The highest BCUT2D eigenvalue weighted by atomic mass is 127. The van der Waals surface area contributed by atoms with Crippen LogP contribution in [-0.2, 0) is 19.5 Å². The smallest absolute Gasteiger partial charge is 0.191 e. The number of halogens is 1. The predicted octanol–water partition coefficient (Wildman–Crippen LogP) is 1.04. The van der Waals surface area contributed by atoms with Crippen LogP contribution in [0.5, 0.6) is 0 Å². The molecule has 2 aromatic heterocycles. The number of nitrogens with zero attached hydrogens (tertiary/aromatic N) is 6. The zero-order valence-corrected chi connectivity index (χ0v) is 17.1. The first kappa shape index (κ1) is 19.4. The van der Waals surface area contributed by atoms with E-state index >= 15 is 0 Å². The van der Waals surface area contributed by atoms with E-state index in [9.17, 15) is 0 Å². The van der Waals surface area contributed by atoms with Gasteiger partial charge in [-0.15, -0.1) is 24.0 Å². The number of rotatable bonds is 4. The van der Waals surface area contributed by atoms with Gasteiger partial charge < -0.3 is 15.5 Å². The maximum absolute atomic E-state index is 4.61. The maximum atomic E-state index is 4.61. The minimum Gasteiger partial charge on any atom is -0.363 e. The lowest BCUT2D eigenvalue weighted by atomic mass is 10.1. The van der Waals surface area contributed by atoms with Crippen molar-refractivity contribution in [2.45, 2.75) is 32.0 Å². The van der Waals surface area contributed by atoms with Crippen molar-refractivity contribution >= 4 is 35.8 Å². The van der Waals surface area contributed by atoms with E-state index in [0.717, 1.165) is 42.7 Å². The Kier molecular flexibility index (Phi) is 6.97. The molecule has 2 N–H and O–H groups in total. The van der Waals surface area contributed by atoms with E-state index < -0.39 is 0 Å². The molecule has 0 aliphatic carbocycles. The van der Waals surface area contributed by atoms with Crippen molar-refractivity contribution in [2.75, 3.05) is 26.0 Å². The predicted molar refractivity (Wildman–Crippen MR) is 109 cm³/mol. The van der Waals surface area contributed by atoms with Crippen LogP contribution in [0.4, 0.5) is 5.82 Å². The molecule has 0 radical (unpaired) electrons. The molecule has 8 nitrogen and oxygen atoms in total. The lowest BCUT2D eigenvalue weighted by molar-refractivity contribution is 0.392. The quantitative estimate of drug-likeness (QED) is 0.407. The number of aryl methyl sites for hydroxylation is 1. The van der Waals surface area contributed by atoms with Crippen LogP contribution in [0, 0.1) is 0 Å². The first-order chi connectivity index (χ1) is 11.7. The number of guanidine groups is 1. The molecule has 0 spiro atoms. The highest BCUT2D eigenvalue weighted by Gasteiger charge is 2.20. The van der Waals surface area contributed by atoms with Crippen molar-refractivity contribution in [3.05, 3.63) is 36.0 Å². The second kappa shape index (κ2) is 8.97. The van der Waals surface area contributed by atoms with Crippen LogP contribution in [-0.4, -0.2) is 52.9 Å². The number of hydrogen-bond acceptors (Lipinski definition) is 5. The van der Waals surface area contributed by atoms with Crippen LogP contribution in [0.1, 0.15) is 17.9 Å². The summed E-state index contributed by atoms with van der Waals surface area (Å²) in [6.07, 6.45) is 3.57. The first-order valence-electron chi connectivity index (χ1n) is 8.13. The normalized spacial score (nSPS) is 16.6. The van der Waals surface area contributed by atoms with Gasteiger partial charge in [0.2, 0.25) is 0 Å². The van der Waals surface area contributed by atoms with Gasteiger partial charge in [0.1, 0.15) is 18.0 Å². The van der Waals surface area contributed by atoms with Gasteiger partial charge in [-0.25, -0.2) is 14.6 Å². The molecule has 0 saturated carbocycles. The van der Waals surface area contributed by atoms with Crippen LogP contribution >= 0.6 is 24.0 Å². The van der Waals surface area contributed by atoms with Crippen molar-refractivity contribution in [2.24, 2.45) is 4.99 Å². The van der Waals surface area contributed by atoms with Crippen molar-refractivity contribution in [3.63, 3.8) is 0 Å². The van der Waals surface area contributed by atoms with E-state index in [1.165, 1.54) is 0 Å². The Hall–Kier alpha value is -1.91. The summed E-state index contributed by atoms with van der Waals surface area (Å²) in [5.74, 6) is 2.78. The Morgan fingerprint density at radius 1 is 1.40 bits per heavy atom. The molecule has 3 rings (SSSR count). The van der Waals surface area contributed by atoms with Crippen LogP contribution in [0.3, 0.4) is 0 Å². The molecular formula is C16H25IN8. The fourth-order valence-corrected chi connectivity index (χ4v) is 2.73. The molecule has 0 saturated heterocycles. The van der Waals surface area contributed by atoms with Crippen molar-refractivity contribution in [3.8, 4) is 0 Å². The molecule has 1 aliphatic heterocycles. The van der Waals surface area contributed by atoms with Gasteiger partial charge in [0.05, 0.1) is 18.8 Å². The Bertz CT molecular complexity index is 712.